The van der Waals surface area contributed by atoms with Crippen LogP contribution in [0, 0.1) is 20.2 Å². The molecule has 2 atom stereocenters. The molecule has 19 nitrogen and oxygen atoms in total. The van der Waals surface area contributed by atoms with Gasteiger partial charge in [-0.3, -0.25) is 0 Å². The number of hydrogen-bond donors (Lipinski definition) is 0. The third kappa shape index (κ3) is 16.2. The molecule has 6 fully saturated rings. The molecule has 6 aliphatic heterocycles. The summed E-state index contributed by atoms with van der Waals surface area (Å²) >= 11 is -17.8. The van der Waals surface area contributed by atoms with E-state index in [4.69, 9.17) is 30.1 Å². The first-order chi connectivity index (χ1) is 33.3. The van der Waals surface area contributed by atoms with E-state index in [-0.39, 0.29) is 21.9 Å². The van der Waals surface area contributed by atoms with Crippen molar-refractivity contribution in [1.82, 2.24) is 9.80 Å². The summed E-state index contributed by atoms with van der Waals surface area (Å²) in [6.07, 6.45) is 6.25. The van der Waals surface area contributed by atoms with E-state index in [1.54, 1.807) is 24.3 Å². The quantitative estimate of drug-likeness (QED) is 0.0494. The first-order valence-corrected chi connectivity index (χ1v) is 46.1. The molecule has 6 saturated heterocycles. The second-order valence-corrected chi connectivity index (χ2v) is 51.4. The van der Waals surface area contributed by atoms with Crippen LogP contribution in [0.2, 0.25) is 28.3 Å². The minimum absolute atomic E-state index is 0.0998. The summed E-state index contributed by atoms with van der Waals surface area (Å²) in [5.74, 6) is -2.86. The number of hydrogen-bond acceptors (Lipinski definition) is 17. The van der Waals surface area contributed by atoms with Crippen LogP contribution >= 0.6 is 0 Å². The van der Waals surface area contributed by atoms with E-state index in [0.29, 0.717) is 68.5 Å². The predicted molar refractivity (Wildman–Crippen MR) is 265 cm³/mol. The monoisotopic (exact) mass is 1310 g/mol. The van der Waals surface area contributed by atoms with E-state index >= 15 is 9.59 Å². The average Bonchev–Trinajstić information content (AvgIpc) is 3.30. The molecule has 0 N–H and O–H groups in total. The molecule has 2 unspecified atom stereocenters. The van der Waals surface area contributed by atoms with E-state index < -0.39 is 101 Å². The Morgan fingerprint density at radius 3 is 1.06 bits per heavy atom. The van der Waals surface area contributed by atoms with Crippen molar-refractivity contribution in [2.24, 2.45) is 0 Å². The number of nitro groups is 2. The predicted octanol–water partition coefficient (Wildman–Crippen LogP) is 8.19. The topological polar surface area (TPSA) is 210 Å². The molecule has 0 aromatic heterocycles. The molecule has 384 valence electrons. The Balaban J connectivity index is 1.41. The van der Waals surface area contributed by atoms with Crippen LogP contribution in [0.15, 0.2) is 48.5 Å². The number of nitro benzene ring substituents is 2. The van der Waals surface area contributed by atoms with Gasteiger partial charge in [-0.05, 0) is 0 Å². The first kappa shape index (κ1) is 56.8. The number of nitrogens with zero attached hydrogens (tertiary/aromatic N) is 4. The molecular formula is C46H74Ge2N4O15Sn2. The Kier molecular flexibility index (Phi) is 22.8. The van der Waals surface area contributed by atoms with Crippen molar-refractivity contribution in [3.8, 4) is 0 Å². The summed E-state index contributed by atoms with van der Waals surface area (Å²) in [5.41, 5.74) is 0.875. The number of rotatable bonds is 26. The van der Waals surface area contributed by atoms with Gasteiger partial charge in [0.05, 0.1) is 0 Å². The van der Waals surface area contributed by atoms with Crippen LogP contribution in [0.3, 0.4) is 0 Å². The second kappa shape index (κ2) is 27.7. The molecule has 0 aliphatic carbocycles. The van der Waals surface area contributed by atoms with E-state index in [1.807, 2.05) is 0 Å². The Labute approximate surface area is 424 Å². The fourth-order valence-corrected chi connectivity index (χ4v) is 62.2. The van der Waals surface area contributed by atoms with Crippen LogP contribution in [0.1, 0.15) is 102 Å². The molecule has 8 rings (SSSR count). The summed E-state index contributed by atoms with van der Waals surface area (Å²) in [6, 6.07) is 12.1. The van der Waals surface area contributed by atoms with Crippen molar-refractivity contribution in [1.29, 1.82) is 0 Å². The van der Waals surface area contributed by atoms with Crippen molar-refractivity contribution in [3.63, 3.8) is 0 Å². The fourth-order valence-electron chi connectivity index (χ4n) is 9.42. The molecule has 0 radical (unpaired) electrons. The van der Waals surface area contributed by atoms with Crippen LogP contribution in [0.4, 0.5) is 11.4 Å². The van der Waals surface area contributed by atoms with Gasteiger partial charge in [0.2, 0.25) is 0 Å². The van der Waals surface area contributed by atoms with E-state index in [2.05, 4.69) is 37.5 Å². The van der Waals surface area contributed by atoms with Gasteiger partial charge in [0, 0.05) is 0 Å². The number of unbranched alkanes of at least 4 members (excludes halogenated alkanes) is 4. The zero-order valence-electron chi connectivity index (χ0n) is 41.1. The molecule has 6 aliphatic rings. The van der Waals surface area contributed by atoms with E-state index in [0.717, 1.165) is 90.6 Å². The van der Waals surface area contributed by atoms with E-state index in [9.17, 15) is 20.2 Å². The molecule has 4 bridgehead atoms. The van der Waals surface area contributed by atoms with Gasteiger partial charge in [-0.15, -0.1) is 0 Å². The van der Waals surface area contributed by atoms with Crippen LogP contribution in [0.25, 0.3) is 0 Å². The summed E-state index contributed by atoms with van der Waals surface area (Å²) in [6.45, 7) is 15.1. The standard InChI is InChI=1S/2C15H20GeN2O7.4C4H9.O.2Sn/c2*19-15(20)14(12-1-3-13(4-2-12)18(21)22)11-16-23-8-5-17(6-9-24-16)7-10-25-16;4*1-3-4-2;;;/h2*1-4,14H,5-11H2,(H,19,20);4*1,3-4H2,2H3;;;/q;;;;;;;2*+1/p-2. The van der Waals surface area contributed by atoms with Crippen molar-refractivity contribution in [3.05, 3.63) is 79.9 Å². The van der Waals surface area contributed by atoms with Crippen LogP contribution < -0.4 is 0 Å². The van der Waals surface area contributed by atoms with Gasteiger partial charge in [-0.25, -0.2) is 0 Å². The Morgan fingerprint density at radius 2 is 0.812 bits per heavy atom. The number of non-ortho nitro benzene ring substituents is 2. The van der Waals surface area contributed by atoms with Crippen LogP contribution in [-0.2, 0) is 39.7 Å². The summed E-state index contributed by atoms with van der Waals surface area (Å²) in [4.78, 5) is 58.1. The second-order valence-electron chi connectivity index (χ2n) is 18.5. The van der Waals surface area contributed by atoms with Gasteiger partial charge in [0.15, 0.2) is 0 Å². The van der Waals surface area contributed by atoms with Crippen molar-refractivity contribution in [2.75, 3.05) is 78.9 Å². The third-order valence-corrected chi connectivity index (χ3v) is 57.7. The summed E-state index contributed by atoms with van der Waals surface area (Å²) in [5, 5.41) is 23.9. The van der Waals surface area contributed by atoms with Gasteiger partial charge in [-0.1, -0.05) is 0 Å². The minimum atomic E-state index is -4.75. The molecule has 69 heavy (non-hydrogen) atoms. The summed E-state index contributed by atoms with van der Waals surface area (Å²) < 4.78 is 63.5. The fraction of sp³-hybridized carbons (Fsp3) is 0.696. The molecule has 2 aromatic rings. The Bertz CT molecular complexity index is 1770. The molecule has 2 aromatic carbocycles. The zero-order chi connectivity index (χ0) is 49.3. The molecule has 0 amide bonds. The van der Waals surface area contributed by atoms with Crippen molar-refractivity contribution < 1.29 is 49.6 Å². The number of carbonyl (C=O) groups is 2. The molecule has 0 spiro atoms. The van der Waals surface area contributed by atoms with Gasteiger partial charge in [-0.2, -0.15) is 0 Å². The normalized spacial score (nSPS) is 24.1. The zero-order valence-corrected chi connectivity index (χ0v) is 51.0. The number of carbonyl (C=O) groups excluding carboxylic acids is 2. The Morgan fingerprint density at radius 1 is 0.536 bits per heavy atom. The van der Waals surface area contributed by atoms with Crippen molar-refractivity contribution >= 4 is 90.3 Å². The van der Waals surface area contributed by atoms with Gasteiger partial charge in [0.25, 0.3) is 0 Å². The molecular weight excluding hydrogens is 1230 g/mol. The summed E-state index contributed by atoms with van der Waals surface area (Å²) in [7, 11) is 0. The molecule has 23 heteroatoms. The Hall–Kier alpha value is -1.50. The van der Waals surface area contributed by atoms with Gasteiger partial charge < -0.3 is 0 Å². The molecule has 6 heterocycles. The van der Waals surface area contributed by atoms with Crippen LogP contribution in [-0.4, -0.2) is 177 Å². The first-order valence-electron chi connectivity index (χ1n) is 25.2. The molecule has 0 saturated carbocycles. The third-order valence-electron chi connectivity index (χ3n) is 13.5. The van der Waals surface area contributed by atoms with Crippen molar-refractivity contribution in [2.45, 2.75) is 119 Å². The number of fused-ring (bicyclic) bond motifs is 12. The average molecular weight is 1310 g/mol. The van der Waals surface area contributed by atoms with Gasteiger partial charge >= 0.3 is 428 Å². The number of benzene rings is 2. The van der Waals surface area contributed by atoms with Gasteiger partial charge in [0.1, 0.15) is 0 Å². The van der Waals surface area contributed by atoms with E-state index in [1.165, 1.54) is 24.3 Å². The van der Waals surface area contributed by atoms with Crippen LogP contribution in [0.5, 0.6) is 0 Å². The maximum absolute atomic E-state index is 15.5. The SMILES string of the molecule is CCC[CH2][Sn]([CH2]CCC)([O]C(=O)C([CH2][Ge]12[O]CCN(CC[O]1)CC[O]2)c1ccc([N+](=O)[O-])cc1)[O][Sn]([CH2]CCC)([CH2]CCC)[O]C(=O)C([CH2][Ge]12[O]CCN(CC[O]1)CC[O]2)c1ccc([N+](=O)[O-])cc1. The maximum atomic E-state index is 15.5.